The third-order valence-corrected chi connectivity index (χ3v) is 2.63. The predicted octanol–water partition coefficient (Wildman–Crippen LogP) is 2.92. The van der Waals surface area contributed by atoms with Crippen LogP contribution in [0.15, 0.2) is 24.5 Å². The minimum absolute atomic E-state index is 0.354. The molecule has 6 nitrogen and oxygen atoms in total. The molecule has 0 aromatic carbocycles. The molecule has 0 radical (unpaired) electrons. The van der Waals surface area contributed by atoms with Crippen molar-refractivity contribution in [3.8, 4) is 0 Å². The van der Waals surface area contributed by atoms with E-state index in [9.17, 15) is 4.79 Å². The van der Waals surface area contributed by atoms with Crippen molar-refractivity contribution in [1.29, 1.82) is 0 Å². The number of nitrogens with one attached hydrogen (secondary N) is 1. The number of carbonyl (C=O) groups is 1. The smallest absolute Gasteiger partial charge is 0.407 e. The number of halogens is 1. The quantitative estimate of drug-likeness (QED) is 0.885. The summed E-state index contributed by atoms with van der Waals surface area (Å²) in [5, 5.41) is 7.20. The van der Waals surface area contributed by atoms with E-state index in [4.69, 9.17) is 16.3 Å². The van der Waals surface area contributed by atoms with E-state index < -0.39 is 11.7 Å². The Hall–Kier alpha value is -2.08. The molecule has 0 atom stereocenters. The van der Waals surface area contributed by atoms with E-state index in [-0.39, 0.29) is 0 Å². The van der Waals surface area contributed by atoms with Crippen LogP contribution >= 0.6 is 11.6 Å². The van der Waals surface area contributed by atoms with E-state index in [0.717, 1.165) is 5.56 Å². The molecule has 0 fully saturated rings. The van der Waals surface area contributed by atoms with Crippen LogP contribution < -0.4 is 5.32 Å². The first-order valence-corrected chi connectivity index (χ1v) is 6.86. The lowest BCUT2D eigenvalue weighted by atomic mass is 10.2. The van der Waals surface area contributed by atoms with Crippen molar-refractivity contribution in [1.82, 2.24) is 19.9 Å². The molecule has 0 spiro atoms. The fourth-order valence-electron chi connectivity index (χ4n) is 1.62. The molecule has 1 N–H and O–H groups in total. The molecule has 2 rings (SSSR count). The summed E-state index contributed by atoms with van der Waals surface area (Å²) in [5.41, 5.74) is 0.983. The van der Waals surface area contributed by atoms with Crippen LogP contribution in [0.25, 0.3) is 11.7 Å². The Morgan fingerprint density at radius 3 is 3.00 bits per heavy atom. The molecule has 2 aromatic rings. The average Bonchev–Trinajstić information content (AvgIpc) is 2.75. The summed E-state index contributed by atoms with van der Waals surface area (Å²) in [7, 11) is 0. The van der Waals surface area contributed by atoms with Crippen LogP contribution in [0.1, 0.15) is 26.3 Å². The maximum atomic E-state index is 11.5. The summed E-state index contributed by atoms with van der Waals surface area (Å²) in [6.07, 6.45) is 6.59. The van der Waals surface area contributed by atoms with Crippen molar-refractivity contribution in [3.05, 3.63) is 35.3 Å². The highest BCUT2D eigenvalue weighted by molar-refractivity contribution is 6.29. The van der Waals surface area contributed by atoms with Gasteiger partial charge in [-0.25, -0.2) is 14.3 Å². The predicted molar refractivity (Wildman–Crippen MR) is 81.3 cm³/mol. The highest BCUT2D eigenvalue weighted by Crippen LogP contribution is 2.12. The van der Waals surface area contributed by atoms with Gasteiger partial charge in [0.2, 0.25) is 0 Å². The Balaban J connectivity index is 1.95. The Morgan fingerprint density at radius 2 is 2.29 bits per heavy atom. The van der Waals surface area contributed by atoms with Gasteiger partial charge in [-0.15, -0.1) is 0 Å². The highest BCUT2D eigenvalue weighted by Gasteiger charge is 2.15. The van der Waals surface area contributed by atoms with Crippen molar-refractivity contribution in [2.24, 2.45) is 0 Å². The maximum absolute atomic E-state index is 11.5. The van der Waals surface area contributed by atoms with E-state index in [1.807, 2.05) is 26.8 Å². The standard InChI is InChI=1S/C14H17ClN4O2/c1-14(2,3)21-13(20)16-7-4-5-10-9-17-19-8-6-11(15)18-12(10)19/h4-6,8-9H,7H2,1-3H3,(H,16,20). The number of hydrogen-bond donors (Lipinski definition) is 1. The third-order valence-electron chi connectivity index (χ3n) is 2.42. The summed E-state index contributed by atoms with van der Waals surface area (Å²) in [6.45, 7) is 5.80. The highest BCUT2D eigenvalue weighted by atomic mass is 35.5. The van der Waals surface area contributed by atoms with Crippen LogP contribution in [0.5, 0.6) is 0 Å². The Kier molecular flexibility index (Phi) is 4.47. The SMILES string of the molecule is CC(C)(C)OC(=O)NCC=Cc1cnn2ccc(Cl)nc12. The minimum Gasteiger partial charge on any atom is -0.444 e. The zero-order valence-electron chi connectivity index (χ0n) is 12.1. The summed E-state index contributed by atoms with van der Waals surface area (Å²) in [5.74, 6) is 0. The number of nitrogens with zero attached hydrogens (tertiary/aromatic N) is 3. The lowest BCUT2D eigenvalue weighted by Gasteiger charge is -2.19. The van der Waals surface area contributed by atoms with Gasteiger partial charge in [0.1, 0.15) is 10.8 Å². The van der Waals surface area contributed by atoms with E-state index in [1.54, 1.807) is 29.1 Å². The molecule has 2 heterocycles. The fraction of sp³-hybridized carbons (Fsp3) is 0.357. The molecular weight excluding hydrogens is 292 g/mol. The van der Waals surface area contributed by atoms with Crippen LogP contribution in [0.2, 0.25) is 5.15 Å². The molecule has 7 heteroatoms. The molecule has 0 unspecified atom stereocenters. The Morgan fingerprint density at radius 1 is 1.52 bits per heavy atom. The second-order valence-electron chi connectivity index (χ2n) is 5.40. The van der Waals surface area contributed by atoms with Crippen LogP contribution in [0.3, 0.4) is 0 Å². The van der Waals surface area contributed by atoms with Gasteiger partial charge in [0, 0.05) is 18.3 Å². The largest absolute Gasteiger partial charge is 0.444 e. The van der Waals surface area contributed by atoms with Crippen molar-refractivity contribution >= 4 is 29.4 Å². The third kappa shape index (κ3) is 4.46. The number of hydrogen-bond acceptors (Lipinski definition) is 4. The van der Waals surface area contributed by atoms with Crippen molar-refractivity contribution in [3.63, 3.8) is 0 Å². The van der Waals surface area contributed by atoms with E-state index in [0.29, 0.717) is 17.3 Å². The molecule has 21 heavy (non-hydrogen) atoms. The Bertz CT molecular complexity index is 673. The van der Waals surface area contributed by atoms with Gasteiger partial charge in [-0.1, -0.05) is 23.8 Å². The van der Waals surface area contributed by atoms with Gasteiger partial charge in [-0.3, -0.25) is 0 Å². The average molecular weight is 309 g/mol. The molecule has 0 aliphatic carbocycles. The number of aromatic nitrogens is 3. The number of amides is 1. The molecule has 0 aliphatic heterocycles. The summed E-state index contributed by atoms with van der Waals surface area (Å²) in [4.78, 5) is 15.7. The van der Waals surface area contributed by atoms with Gasteiger partial charge in [-0.2, -0.15) is 5.10 Å². The lowest BCUT2D eigenvalue weighted by molar-refractivity contribution is 0.0534. The number of carbonyl (C=O) groups excluding carboxylic acids is 1. The molecule has 112 valence electrons. The fourth-order valence-corrected chi connectivity index (χ4v) is 1.76. The number of fused-ring (bicyclic) bond motifs is 1. The molecule has 1 amide bonds. The first kappa shape index (κ1) is 15.3. The van der Waals surface area contributed by atoms with Gasteiger partial charge in [0.15, 0.2) is 5.65 Å². The van der Waals surface area contributed by atoms with Gasteiger partial charge < -0.3 is 10.1 Å². The van der Waals surface area contributed by atoms with Gasteiger partial charge in [0.05, 0.1) is 6.20 Å². The van der Waals surface area contributed by atoms with Gasteiger partial charge in [0.25, 0.3) is 0 Å². The van der Waals surface area contributed by atoms with Crippen LogP contribution in [0.4, 0.5) is 4.79 Å². The van der Waals surface area contributed by atoms with Gasteiger partial charge >= 0.3 is 6.09 Å². The molecule has 0 bridgehead atoms. The minimum atomic E-state index is -0.503. The van der Waals surface area contributed by atoms with E-state index in [2.05, 4.69) is 15.4 Å². The molecule has 0 saturated carbocycles. The van der Waals surface area contributed by atoms with Crippen LogP contribution in [-0.2, 0) is 4.74 Å². The second kappa shape index (κ2) is 6.13. The number of rotatable bonds is 3. The topological polar surface area (TPSA) is 68.5 Å². The van der Waals surface area contributed by atoms with Crippen molar-refractivity contribution < 1.29 is 9.53 Å². The summed E-state index contributed by atoms with van der Waals surface area (Å²) >= 11 is 5.86. The zero-order valence-corrected chi connectivity index (χ0v) is 12.9. The van der Waals surface area contributed by atoms with Gasteiger partial charge in [-0.05, 0) is 26.8 Å². The van der Waals surface area contributed by atoms with Crippen molar-refractivity contribution in [2.45, 2.75) is 26.4 Å². The number of ether oxygens (including phenoxy) is 1. The zero-order chi connectivity index (χ0) is 15.5. The monoisotopic (exact) mass is 308 g/mol. The summed E-state index contributed by atoms with van der Waals surface area (Å²) < 4.78 is 6.76. The van der Waals surface area contributed by atoms with E-state index >= 15 is 0 Å². The van der Waals surface area contributed by atoms with Crippen LogP contribution in [-0.4, -0.2) is 32.8 Å². The maximum Gasteiger partial charge on any atom is 0.407 e. The lowest BCUT2D eigenvalue weighted by Crippen LogP contribution is -2.32. The Labute approximate surface area is 127 Å². The normalized spacial score (nSPS) is 12.0. The number of alkyl carbamates (subject to hydrolysis) is 1. The summed E-state index contributed by atoms with van der Waals surface area (Å²) in [6, 6.07) is 1.67. The first-order valence-electron chi connectivity index (χ1n) is 6.48. The molecular formula is C14H17ClN4O2. The first-order chi connectivity index (χ1) is 9.85. The van der Waals surface area contributed by atoms with E-state index in [1.165, 1.54) is 0 Å². The molecule has 0 saturated heterocycles. The van der Waals surface area contributed by atoms with Crippen molar-refractivity contribution in [2.75, 3.05) is 6.54 Å². The second-order valence-corrected chi connectivity index (χ2v) is 5.79. The van der Waals surface area contributed by atoms with Crippen LogP contribution in [0, 0.1) is 0 Å². The molecule has 2 aromatic heterocycles. The molecule has 0 aliphatic rings.